The van der Waals surface area contributed by atoms with Crippen molar-refractivity contribution >= 4 is 27.7 Å². The van der Waals surface area contributed by atoms with E-state index in [1.165, 1.54) is 38.4 Å². The average Bonchev–Trinajstić information content (AvgIpc) is 3.36. The number of rotatable bonds is 9. The molecule has 8 heteroatoms. The first-order valence-corrected chi connectivity index (χ1v) is 12.5. The predicted octanol–water partition coefficient (Wildman–Crippen LogP) is 4.98. The first kappa shape index (κ1) is 24.1. The molecule has 1 aliphatic rings. The maximum Gasteiger partial charge on any atom is 0.339 e. The Labute approximate surface area is 209 Å². The van der Waals surface area contributed by atoms with Crippen LogP contribution >= 0.6 is 0 Å². The molecule has 4 aromatic rings. The van der Waals surface area contributed by atoms with Crippen LogP contribution in [0.3, 0.4) is 0 Å². The topological polar surface area (TPSA) is 131 Å². The summed E-state index contributed by atoms with van der Waals surface area (Å²) in [6, 6.07) is 8.60. The zero-order valence-electron chi connectivity index (χ0n) is 20.1. The van der Waals surface area contributed by atoms with Crippen molar-refractivity contribution in [3.8, 4) is 11.5 Å². The van der Waals surface area contributed by atoms with Gasteiger partial charge in [0.25, 0.3) is 0 Å². The van der Waals surface area contributed by atoms with Crippen molar-refractivity contribution in [2.75, 3.05) is 19.7 Å². The van der Waals surface area contributed by atoms with Crippen LogP contribution in [-0.2, 0) is 0 Å². The number of aromatic hydroxyl groups is 1. The van der Waals surface area contributed by atoms with Crippen LogP contribution in [0.2, 0.25) is 0 Å². The van der Waals surface area contributed by atoms with Crippen LogP contribution in [0.25, 0.3) is 21.7 Å². The van der Waals surface area contributed by atoms with Crippen molar-refractivity contribution in [3.63, 3.8) is 0 Å². The molecule has 1 atom stereocenters. The molecule has 5 N–H and O–H groups in total. The van der Waals surface area contributed by atoms with Gasteiger partial charge in [0.15, 0.2) is 0 Å². The quantitative estimate of drug-likeness (QED) is 0.259. The number of carboxylic acids is 1. The van der Waals surface area contributed by atoms with Crippen LogP contribution in [0.4, 0.5) is 0 Å². The monoisotopic (exact) mass is 489 g/mol. The predicted molar refractivity (Wildman–Crippen MR) is 138 cm³/mol. The van der Waals surface area contributed by atoms with E-state index in [0.29, 0.717) is 58.7 Å². The number of pyridine rings is 1. The zero-order valence-corrected chi connectivity index (χ0v) is 20.1. The first-order valence-electron chi connectivity index (χ1n) is 12.5. The summed E-state index contributed by atoms with van der Waals surface area (Å²) < 4.78 is 11.9. The minimum absolute atomic E-state index is 0.0107. The standard InChI is InChI=1S/C28H31N3O5/c29-10-13-31-25(18-8-11-30-12-9-18)24-23-22(28(33)34)16-36-27(23)20-7-6-19(14-21(20)26(24)32)35-15-17-4-2-1-3-5-17/h6-9,11-12,14,16-17,25,31-32H,1-5,10,13,15,29H2,(H,33,34). The summed E-state index contributed by atoms with van der Waals surface area (Å²) in [6.07, 6.45) is 10.7. The van der Waals surface area contributed by atoms with E-state index in [2.05, 4.69) is 10.3 Å². The van der Waals surface area contributed by atoms with Gasteiger partial charge in [-0.15, -0.1) is 0 Å². The molecule has 8 nitrogen and oxygen atoms in total. The van der Waals surface area contributed by atoms with E-state index in [0.717, 1.165) is 5.56 Å². The molecular formula is C28H31N3O5. The third kappa shape index (κ3) is 4.62. The molecule has 1 aliphatic carbocycles. The molecule has 1 fully saturated rings. The third-order valence-corrected chi connectivity index (χ3v) is 7.07. The SMILES string of the molecule is NCCNC(c1ccncc1)c1c(O)c2cc(OCC3CCCCC3)ccc2c2occ(C(=O)O)c12. The number of aromatic nitrogens is 1. The van der Waals surface area contributed by atoms with Crippen LogP contribution < -0.4 is 15.8 Å². The van der Waals surface area contributed by atoms with E-state index in [-0.39, 0.29) is 11.3 Å². The molecule has 0 bridgehead atoms. The number of furan rings is 1. The van der Waals surface area contributed by atoms with Gasteiger partial charge in [0.05, 0.1) is 12.6 Å². The van der Waals surface area contributed by atoms with Gasteiger partial charge in [-0.25, -0.2) is 4.79 Å². The molecule has 0 radical (unpaired) electrons. The van der Waals surface area contributed by atoms with Gasteiger partial charge in [-0.3, -0.25) is 4.98 Å². The maximum absolute atomic E-state index is 12.1. The van der Waals surface area contributed by atoms with Crippen LogP contribution in [0.5, 0.6) is 11.5 Å². The molecule has 188 valence electrons. The van der Waals surface area contributed by atoms with Crippen molar-refractivity contribution in [1.82, 2.24) is 10.3 Å². The fourth-order valence-corrected chi connectivity index (χ4v) is 5.27. The number of hydrogen-bond donors (Lipinski definition) is 4. The second kappa shape index (κ2) is 10.6. The Morgan fingerprint density at radius 3 is 2.67 bits per heavy atom. The van der Waals surface area contributed by atoms with Gasteiger partial charge in [0.1, 0.15) is 28.9 Å². The first-order chi connectivity index (χ1) is 17.6. The second-order valence-corrected chi connectivity index (χ2v) is 9.40. The zero-order chi connectivity index (χ0) is 25.1. The van der Waals surface area contributed by atoms with E-state index in [1.807, 2.05) is 30.3 Å². The molecule has 0 amide bonds. The number of benzene rings is 2. The van der Waals surface area contributed by atoms with Gasteiger partial charge in [-0.1, -0.05) is 19.3 Å². The molecule has 0 saturated heterocycles. The largest absolute Gasteiger partial charge is 0.507 e. The number of phenols is 1. The van der Waals surface area contributed by atoms with E-state index in [1.54, 1.807) is 12.4 Å². The van der Waals surface area contributed by atoms with Crippen molar-refractivity contribution in [1.29, 1.82) is 0 Å². The third-order valence-electron chi connectivity index (χ3n) is 7.07. The highest BCUT2D eigenvalue weighted by atomic mass is 16.5. The van der Waals surface area contributed by atoms with Crippen LogP contribution in [-0.4, -0.2) is 40.9 Å². The summed E-state index contributed by atoms with van der Waals surface area (Å²) >= 11 is 0. The van der Waals surface area contributed by atoms with Gasteiger partial charge >= 0.3 is 5.97 Å². The van der Waals surface area contributed by atoms with Crippen molar-refractivity contribution in [2.45, 2.75) is 38.1 Å². The van der Waals surface area contributed by atoms with E-state index >= 15 is 0 Å². The van der Waals surface area contributed by atoms with Crippen molar-refractivity contribution in [3.05, 3.63) is 65.7 Å². The Hall–Kier alpha value is -3.62. The van der Waals surface area contributed by atoms with Crippen LogP contribution in [0.1, 0.15) is 59.6 Å². The molecule has 36 heavy (non-hydrogen) atoms. The van der Waals surface area contributed by atoms with Gasteiger partial charge in [-0.2, -0.15) is 0 Å². The lowest BCUT2D eigenvalue weighted by Crippen LogP contribution is -2.28. The average molecular weight is 490 g/mol. The van der Waals surface area contributed by atoms with Crippen LogP contribution in [0, 0.1) is 5.92 Å². The Kier molecular flexibility index (Phi) is 7.06. The highest BCUT2D eigenvalue weighted by Gasteiger charge is 2.29. The van der Waals surface area contributed by atoms with Gasteiger partial charge in [0, 0.05) is 47.2 Å². The number of hydrogen-bond acceptors (Lipinski definition) is 7. The number of nitrogens with two attached hydrogens (primary N) is 1. The fourth-order valence-electron chi connectivity index (χ4n) is 5.27. The number of fused-ring (bicyclic) bond motifs is 3. The Balaban J connectivity index is 1.67. The van der Waals surface area contributed by atoms with Crippen molar-refractivity contribution < 1.29 is 24.2 Å². The Bertz CT molecular complexity index is 1360. The summed E-state index contributed by atoms with van der Waals surface area (Å²) in [4.78, 5) is 16.2. The second-order valence-electron chi connectivity index (χ2n) is 9.40. The van der Waals surface area contributed by atoms with Gasteiger partial charge in [-0.05, 0) is 54.7 Å². The summed E-state index contributed by atoms with van der Waals surface area (Å²) in [5, 5.41) is 26.5. The highest BCUT2D eigenvalue weighted by Crippen LogP contribution is 2.45. The molecular weight excluding hydrogens is 458 g/mol. The summed E-state index contributed by atoms with van der Waals surface area (Å²) in [7, 11) is 0. The number of carbonyl (C=O) groups is 1. The summed E-state index contributed by atoms with van der Waals surface area (Å²) in [5.74, 6) is 0.0548. The number of phenolic OH excluding ortho intramolecular Hbond substituents is 1. The number of carboxylic acid groups (broad SMARTS) is 1. The lowest BCUT2D eigenvalue weighted by molar-refractivity contribution is 0.0698. The smallest absolute Gasteiger partial charge is 0.339 e. The summed E-state index contributed by atoms with van der Waals surface area (Å²) in [5.41, 5.74) is 7.42. The fraction of sp³-hybridized carbons (Fsp3) is 0.357. The van der Waals surface area contributed by atoms with Gasteiger partial charge < -0.3 is 30.4 Å². The Morgan fingerprint density at radius 1 is 1.17 bits per heavy atom. The van der Waals surface area contributed by atoms with Crippen molar-refractivity contribution in [2.24, 2.45) is 11.7 Å². The minimum atomic E-state index is -1.13. The number of nitrogens with zero attached hydrogens (tertiary/aromatic N) is 1. The minimum Gasteiger partial charge on any atom is -0.507 e. The molecule has 2 aromatic heterocycles. The number of ether oxygens (including phenoxy) is 1. The lowest BCUT2D eigenvalue weighted by Gasteiger charge is -2.23. The molecule has 0 spiro atoms. The molecule has 1 unspecified atom stereocenters. The molecule has 2 aromatic carbocycles. The maximum atomic E-state index is 12.1. The Morgan fingerprint density at radius 2 is 1.94 bits per heavy atom. The van der Waals surface area contributed by atoms with E-state index < -0.39 is 12.0 Å². The van der Waals surface area contributed by atoms with Crippen LogP contribution in [0.15, 0.2) is 53.4 Å². The lowest BCUT2D eigenvalue weighted by atomic mass is 9.90. The normalized spacial score (nSPS) is 15.4. The van der Waals surface area contributed by atoms with E-state index in [4.69, 9.17) is 14.9 Å². The molecule has 0 aliphatic heterocycles. The summed E-state index contributed by atoms with van der Waals surface area (Å²) in [6.45, 7) is 1.47. The number of aromatic carboxylic acids is 1. The van der Waals surface area contributed by atoms with Gasteiger partial charge in [0.2, 0.25) is 0 Å². The molecule has 2 heterocycles. The number of nitrogens with one attached hydrogen (secondary N) is 1. The molecule has 1 saturated carbocycles. The van der Waals surface area contributed by atoms with E-state index in [9.17, 15) is 15.0 Å². The molecule has 5 rings (SSSR count). The highest BCUT2D eigenvalue weighted by molar-refractivity contribution is 6.16.